The second-order valence-electron chi connectivity index (χ2n) is 33.9. The van der Waals surface area contributed by atoms with E-state index in [9.17, 15) is 69.1 Å². The molecule has 4 fully saturated rings. The molecule has 6 aliphatic rings. The Morgan fingerprint density at radius 1 is 0.471 bits per heavy atom. The molecule has 15 unspecified atom stereocenters. The summed E-state index contributed by atoms with van der Waals surface area (Å²) in [5.41, 5.74) is 1.36. The molecule has 0 heterocycles. The van der Waals surface area contributed by atoms with Crippen molar-refractivity contribution < 1.29 is 139 Å². The predicted octanol–water partition coefficient (Wildman–Crippen LogP) is 18.4. The summed E-state index contributed by atoms with van der Waals surface area (Å²) in [5.74, 6) is 6.59. The van der Waals surface area contributed by atoms with E-state index in [1.807, 2.05) is 0 Å². The molecular formula is C79H132F6N2O24P4S4. The SMILES string of the molecule is COP(=O)(O)OCC(CCCOCCSSCCCN(C)CCOc1ccc2c(c1)CCC1C2CCC2(C)C(OCCCOC(C)(C)C(F)(F)F)CCC12)COP(=O)(O)OOP(=O)(O)OCC(CCCOCCSSCCCN(C)CCOc1ccc2c(c1)CCC1C2CCC2(C)C(OCCCOC(C)(C)C(F)(F)F)CCC12)COP(=O)(O)O. The average molecular weight is 1860 g/mol. The zero-order valence-corrected chi connectivity index (χ0v) is 77.4. The Hall–Kier alpha value is -0.860. The normalized spacial score (nSPS) is 25.5. The van der Waals surface area contributed by atoms with Crippen LogP contribution >= 0.6 is 74.5 Å². The maximum Gasteiger partial charge on any atom is 0.499 e. The van der Waals surface area contributed by atoms with Crippen LogP contribution in [0, 0.1) is 46.3 Å². The quantitative estimate of drug-likeness (QED) is 0.0103. The minimum absolute atomic E-state index is 0.000865. The van der Waals surface area contributed by atoms with Gasteiger partial charge in [0.1, 0.15) is 24.7 Å². The van der Waals surface area contributed by atoms with E-state index in [2.05, 4.69) is 92.5 Å². The van der Waals surface area contributed by atoms with E-state index in [1.54, 1.807) is 43.2 Å². The number of phosphoric acid groups is 4. The first-order chi connectivity index (χ1) is 56.1. The second kappa shape index (κ2) is 48.7. The molecule has 5 N–H and O–H groups in total. The number of hydrogen-bond donors (Lipinski definition) is 5. The van der Waals surface area contributed by atoms with Gasteiger partial charge in [0, 0.05) is 94.7 Å². The largest absolute Gasteiger partial charge is 0.499 e. The zero-order valence-electron chi connectivity index (χ0n) is 70.5. The number of fused-ring (bicyclic) bond motifs is 10. The van der Waals surface area contributed by atoms with Gasteiger partial charge >= 0.3 is 43.6 Å². The number of hydrogen-bond acceptors (Lipinski definition) is 25. The summed E-state index contributed by atoms with van der Waals surface area (Å²) < 4.78 is 209. The van der Waals surface area contributed by atoms with Crippen LogP contribution in [0.5, 0.6) is 11.5 Å². The third kappa shape index (κ3) is 33.6. The number of ether oxygens (including phenoxy) is 8. The van der Waals surface area contributed by atoms with Crippen LogP contribution in [0.2, 0.25) is 0 Å². The van der Waals surface area contributed by atoms with E-state index in [0.717, 1.165) is 174 Å². The van der Waals surface area contributed by atoms with E-state index >= 15 is 0 Å². The van der Waals surface area contributed by atoms with Crippen molar-refractivity contribution in [2.24, 2.45) is 46.3 Å². The van der Waals surface area contributed by atoms with Crippen LogP contribution < -0.4 is 9.47 Å². The number of nitrogens with zero attached hydrogens (tertiary/aromatic N) is 2. The van der Waals surface area contributed by atoms with Gasteiger partial charge in [0.05, 0.1) is 51.8 Å². The van der Waals surface area contributed by atoms with Crippen LogP contribution in [0.3, 0.4) is 0 Å². The van der Waals surface area contributed by atoms with Gasteiger partial charge < -0.3 is 72.2 Å². The molecule has 15 atom stereocenters. The van der Waals surface area contributed by atoms with Crippen LogP contribution in [-0.2, 0) is 91.5 Å². The number of alkyl halides is 6. The third-order valence-corrected chi connectivity index (χ3v) is 32.6. The number of phosphoric ester groups is 4. The molecule has 0 amide bonds. The van der Waals surface area contributed by atoms with Gasteiger partial charge in [-0.2, -0.15) is 26.3 Å². The molecule has 26 nitrogen and oxygen atoms in total. The van der Waals surface area contributed by atoms with Crippen molar-refractivity contribution in [2.75, 3.05) is 163 Å². The highest BCUT2D eigenvalue weighted by molar-refractivity contribution is 8.77. The van der Waals surface area contributed by atoms with Crippen molar-refractivity contribution >= 4 is 74.5 Å². The predicted molar refractivity (Wildman–Crippen MR) is 450 cm³/mol. The fourth-order valence-corrected chi connectivity index (χ4v) is 24.1. The molecule has 6 aliphatic carbocycles. The Morgan fingerprint density at radius 2 is 0.866 bits per heavy atom. The topological polar surface area (TPSA) is 314 Å². The highest BCUT2D eigenvalue weighted by Crippen LogP contribution is 2.64. The highest BCUT2D eigenvalue weighted by Gasteiger charge is 2.58. The van der Waals surface area contributed by atoms with Crippen LogP contribution in [0.4, 0.5) is 26.3 Å². The molecule has 2 aromatic carbocycles. The Balaban J connectivity index is 0.613. The Morgan fingerprint density at radius 3 is 1.26 bits per heavy atom. The van der Waals surface area contributed by atoms with Gasteiger partial charge in [-0.25, -0.2) is 18.3 Å². The van der Waals surface area contributed by atoms with Crippen molar-refractivity contribution in [3.8, 4) is 11.5 Å². The van der Waals surface area contributed by atoms with Crippen LogP contribution in [0.1, 0.15) is 191 Å². The summed E-state index contributed by atoms with van der Waals surface area (Å²) in [6, 6.07) is 13.2. The zero-order chi connectivity index (χ0) is 86.8. The fraction of sp³-hybridized carbons (Fsp3) is 0.848. The monoisotopic (exact) mass is 1860 g/mol. The molecule has 40 heteroatoms. The fourth-order valence-electron chi connectivity index (χ4n) is 17.8. The lowest BCUT2D eigenvalue weighted by molar-refractivity contribution is -0.264. The van der Waals surface area contributed by atoms with E-state index in [4.69, 9.17) is 51.5 Å². The first-order valence-corrected chi connectivity index (χ1v) is 52.9. The molecule has 0 aromatic heterocycles. The Labute approximate surface area is 716 Å². The molecule has 119 heavy (non-hydrogen) atoms. The van der Waals surface area contributed by atoms with Gasteiger partial charge in [0.15, 0.2) is 11.2 Å². The minimum Gasteiger partial charge on any atom is -0.492 e. The molecule has 0 saturated heterocycles. The standard InChI is InChI=1S/C79H132F6N2O24P4S4/c1-74(2,78(80,81)82)104-42-14-40-102-72-28-26-70-68-22-18-60-52-62(20-24-64(60)66(68)30-32-76(70,72)5)100-44-36-86(7)34-12-48-116-118-50-46-98-38-10-16-58(54-106-112(88,89)90)56-108-114(93,94)110-111-115(95,96)109-57-59(55-107-113(91,92)97-9)17-11-39-99-47-51-119-117-49-13-35-87(8)37-45-101-63-21-25-65-61(53-63)19-23-69-67(65)31-33-77(6)71(69)27-29-73(77)103-41-15-43-105-75(3,4)79(83,84)85/h20-21,24-25,52-53,58-59,66-73H,10-19,22-23,26-51,54-57H2,1-9H3,(H,91,92)(H,93,94)(H,95,96)(H2,88,89,90). The molecular weight excluding hydrogens is 1730 g/mol. The van der Waals surface area contributed by atoms with Gasteiger partial charge in [0.25, 0.3) is 0 Å². The molecule has 8 rings (SSSR count). The van der Waals surface area contributed by atoms with E-state index in [0.29, 0.717) is 112 Å². The van der Waals surface area contributed by atoms with E-state index < -0.39 is 93.1 Å². The summed E-state index contributed by atoms with van der Waals surface area (Å²) in [5, 5.41) is 0. The van der Waals surface area contributed by atoms with Gasteiger partial charge in [-0.15, -0.1) is 9.35 Å². The summed E-state index contributed by atoms with van der Waals surface area (Å²) in [7, 11) is -8.03. The summed E-state index contributed by atoms with van der Waals surface area (Å²) in [6.45, 7) is 13.2. The molecule has 4 saturated carbocycles. The van der Waals surface area contributed by atoms with Gasteiger partial charge in [-0.1, -0.05) is 69.2 Å². The van der Waals surface area contributed by atoms with Crippen LogP contribution in [0.15, 0.2) is 36.4 Å². The number of likely N-dealkylation sites (N-methyl/N-ethyl adjacent to an activating group) is 2. The average Bonchev–Trinajstić information content (AvgIpc) is 1.65. The van der Waals surface area contributed by atoms with Gasteiger partial charge in [-0.3, -0.25) is 22.6 Å². The smallest absolute Gasteiger partial charge is 0.492 e. The molecule has 0 spiro atoms. The molecule has 688 valence electrons. The number of aryl methyl sites for hydroxylation is 2. The second-order valence-corrected chi connectivity index (χ2v) is 44.8. The maximum atomic E-state index is 13.2. The molecule has 0 radical (unpaired) electrons. The van der Waals surface area contributed by atoms with Crippen molar-refractivity contribution in [1.82, 2.24) is 9.80 Å². The summed E-state index contributed by atoms with van der Waals surface area (Å²) >= 11 is 0. The maximum absolute atomic E-state index is 13.2. The lowest BCUT2D eigenvalue weighted by Gasteiger charge is -2.50. The number of rotatable bonds is 60. The molecule has 0 aliphatic heterocycles. The van der Waals surface area contributed by atoms with Crippen molar-refractivity contribution in [3.05, 3.63) is 58.7 Å². The van der Waals surface area contributed by atoms with Gasteiger partial charge in [0.2, 0.25) is 0 Å². The summed E-state index contributed by atoms with van der Waals surface area (Å²) in [6.07, 6.45) is 7.94. The highest BCUT2D eigenvalue weighted by atomic mass is 33.1. The first-order valence-electron chi connectivity index (χ1n) is 41.9. The summed E-state index contributed by atoms with van der Waals surface area (Å²) in [4.78, 5) is 53.8. The third-order valence-electron chi connectivity index (χ3n) is 24.7. The van der Waals surface area contributed by atoms with Crippen LogP contribution in [-0.4, -0.2) is 233 Å². The Kier molecular flexibility index (Phi) is 42.4. The lowest BCUT2D eigenvalue weighted by atomic mass is 9.55. The van der Waals surface area contributed by atoms with Gasteiger partial charge in [-0.05, 0) is 276 Å². The van der Waals surface area contributed by atoms with E-state index in [1.165, 1.54) is 22.3 Å². The van der Waals surface area contributed by atoms with Crippen molar-refractivity contribution in [1.29, 1.82) is 0 Å². The van der Waals surface area contributed by atoms with Crippen LogP contribution in [0.25, 0.3) is 0 Å². The van der Waals surface area contributed by atoms with Crippen molar-refractivity contribution in [2.45, 2.75) is 218 Å². The lowest BCUT2D eigenvalue weighted by Crippen LogP contribution is -2.45. The number of benzene rings is 2. The van der Waals surface area contributed by atoms with E-state index in [-0.39, 0.29) is 62.3 Å². The first kappa shape index (κ1) is 104. The number of halogens is 6. The minimum atomic E-state index is -5.27. The molecule has 0 bridgehead atoms. The Bertz CT molecular complexity index is 3560. The van der Waals surface area contributed by atoms with Crippen molar-refractivity contribution in [3.63, 3.8) is 0 Å². The molecule has 2 aromatic rings.